The van der Waals surface area contributed by atoms with Gasteiger partial charge in [-0.05, 0) is 76.7 Å². The van der Waals surface area contributed by atoms with Crippen molar-refractivity contribution in [2.24, 2.45) is 17.8 Å². The fourth-order valence-corrected chi connectivity index (χ4v) is 7.11. The second-order valence-corrected chi connectivity index (χ2v) is 12.5. The lowest BCUT2D eigenvalue weighted by atomic mass is 9.55. The van der Waals surface area contributed by atoms with E-state index in [1.54, 1.807) is 36.4 Å². The SMILES string of the molecule is CC(C)COC(=O)c1ccc(NC(=O)COC(=O)c2ccc(N3C(=O)[C@H]4C5c6ccccc6C(c6ccccc65)[C@@H]4C3=O)cc2)cc1. The average molecular weight is 629 g/mol. The number of anilines is 2. The van der Waals surface area contributed by atoms with Gasteiger partial charge in [0.1, 0.15) is 0 Å². The van der Waals surface area contributed by atoms with Gasteiger partial charge in [0.25, 0.3) is 5.91 Å². The number of nitrogens with zero attached hydrogens (tertiary/aromatic N) is 1. The molecule has 4 aromatic carbocycles. The Hall–Kier alpha value is -5.57. The summed E-state index contributed by atoms with van der Waals surface area (Å²) in [6.07, 6.45) is 0. The molecule has 1 heterocycles. The number of nitrogens with one attached hydrogen (secondary N) is 1. The van der Waals surface area contributed by atoms with E-state index in [0.29, 0.717) is 23.5 Å². The highest BCUT2D eigenvalue weighted by Crippen LogP contribution is 2.61. The Morgan fingerprint density at radius 2 is 1.11 bits per heavy atom. The molecule has 4 aromatic rings. The number of carbonyl (C=O) groups is 5. The molecule has 0 aromatic heterocycles. The summed E-state index contributed by atoms with van der Waals surface area (Å²) in [6.45, 7) is 3.67. The van der Waals surface area contributed by atoms with Gasteiger partial charge in [0.15, 0.2) is 6.61 Å². The highest BCUT2D eigenvalue weighted by atomic mass is 16.5. The number of esters is 2. The van der Waals surface area contributed by atoms with Gasteiger partial charge < -0.3 is 14.8 Å². The number of carbonyl (C=O) groups excluding carboxylic acids is 5. The molecule has 0 radical (unpaired) electrons. The van der Waals surface area contributed by atoms with Gasteiger partial charge in [0.05, 0.1) is 35.3 Å². The smallest absolute Gasteiger partial charge is 0.338 e. The highest BCUT2D eigenvalue weighted by Gasteiger charge is 2.61. The topological polar surface area (TPSA) is 119 Å². The van der Waals surface area contributed by atoms with Crippen molar-refractivity contribution in [2.75, 3.05) is 23.4 Å². The van der Waals surface area contributed by atoms with Crippen LogP contribution in [0.5, 0.6) is 0 Å². The van der Waals surface area contributed by atoms with E-state index in [4.69, 9.17) is 9.47 Å². The van der Waals surface area contributed by atoms with Gasteiger partial charge in [0, 0.05) is 17.5 Å². The zero-order chi connectivity index (χ0) is 32.8. The molecule has 0 spiro atoms. The summed E-state index contributed by atoms with van der Waals surface area (Å²) in [5.41, 5.74) is 5.73. The normalized spacial score (nSPS) is 20.4. The van der Waals surface area contributed by atoms with Crippen LogP contribution in [-0.2, 0) is 23.9 Å². The zero-order valence-corrected chi connectivity index (χ0v) is 25.8. The predicted molar refractivity (Wildman–Crippen MR) is 173 cm³/mol. The average Bonchev–Trinajstić information content (AvgIpc) is 3.36. The second kappa shape index (κ2) is 12.0. The quantitative estimate of drug-likeness (QED) is 0.197. The summed E-state index contributed by atoms with van der Waals surface area (Å²) in [4.78, 5) is 66.4. The Bertz CT molecular complexity index is 1800. The zero-order valence-electron chi connectivity index (χ0n) is 25.8. The van der Waals surface area contributed by atoms with Crippen LogP contribution in [0.3, 0.4) is 0 Å². The van der Waals surface area contributed by atoms with Gasteiger partial charge in [-0.15, -0.1) is 0 Å². The lowest BCUT2D eigenvalue weighted by Gasteiger charge is -2.45. The van der Waals surface area contributed by atoms with E-state index in [-0.39, 0.29) is 35.1 Å². The van der Waals surface area contributed by atoms with Crippen molar-refractivity contribution in [3.05, 3.63) is 130 Å². The number of amides is 3. The van der Waals surface area contributed by atoms with Gasteiger partial charge in [-0.3, -0.25) is 14.4 Å². The van der Waals surface area contributed by atoms with E-state index in [1.807, 2.05) is 38.1 Å². The number of benzene rings is 4. The largest absolute Gasteiger partial charge is 0.462 e. The Morgan fingerprint density at radius 1 is 0.660 bits per heavy atom. The van der Waals surface area contributed by atoms with E-state index in [1.165, 1.54) is 17.0 Å². The standard InChI is InChI=1S/C38H32N2O7/c1-21(2)19-46-37(44)22-11-15-24(16-12-22)39-30(41)20-47-38(45)23-13-17-25(18-14-23)40-35(42)33-31-26-7-3-4-8-27(26)32(34(33)36(40)43)29-10-6-5-9-28(29)31/h3-18,21,31-34H,19-20H2,1-2H3,(H,39,41)/t31?,32?,33-,34-/m0/s1. The Labute approximate surface area is 271 Å². The second-order valence-electron chi connectivity index (χ2n) is 12.5. The predicted octanol–water partition coefficient (Wildman–Crippen LogP) is 5.69. The van der Waals surface area contributed by atoms with Gasteiger partial charge in [-0.1, -0.05) is 62.4 Å². The maximum absolute atomic E-state index is 14.0. The van der Waals surface area contributed by atoms with Crippen LogP contribution in [0.2, 0.25) is 0 Å². The van der Waals surface area contributed by atoms with Gasteiger partial charge in [0.2, 0.25) is 11.8 Å². The lowest BCUT2D eigenvalue weighted by Crippen LogP contribution is -2.41. The van der Waals surface area contributed by atoms with Crippen molar-refractivity contribution in [3.63, 3.8) is 0 Å². The minimum atomic E-state index is -0.730. The van der Waals surface area contributed by atoms with Crippen LogP contribution >= 0.6 is 0 Å². The number of hydrogen-bond acceptors (Lipinski definition) is 7. The molecule has 47 heavy (non-hydrogen) atoms. The molecule has 1 saturated heterocycles. The number of ether oxygens (including phenoxy) is 2. The van der Waals surface area contributed by atoms with E-state index >= 15 is 0 Å². The summed E-state index contributed by atoms with van der Waals surface area (Å²) in [5, 5.41) is 2.62. The van der Waals surface area contributed by atoms with Crippen LogP contribution < -0.4 is 10.2 Å². The van der Waals surface area contributed by atoms with Gasteiger partial charge in [-0.25, -0.2) is 14.5 Å². The molecule has 3 aliphatic carbocycles. The highest BCUT2D eigenvalue weighted by molar-refractivity contribution is 6.23. The molecule has 0 saturated carbocycles. The first kappa shape index (κ1) is 30.1. The summed E-state index contributed by atoms with van der Waals surface area (Å²) in [7, 11) is 0. The van der Waals surface area contributed by atoms with Crippen LogP contribution in [0.1, 0.15) is 68.7 Å². The Balaban J connectivity index is 0.998. The summed E-state index contributed by atoms with van der Waals surface area (Å²) in [6, 6.07) is 28.4. The van der Waals surface area contributed by atoms with Crippen LogP contribution in [0.15, 0.2) is 97.1 Å². The van der Waals surface area contributed by atoms with Crippen LogP contribution in [0.4, 0.5) is 11.4 Å². The maximum atomic E-state index is 14.0. The Morgan fingerprint density at radius 3 is 1.57 bits per heavy atom. The van der Waals surface area contributed by atoms with E-state index < -0.39 is 36.3 Å². The summed E-state index contributed by atoms with van der Waals surface area (Å²) >= 11 is 0. The summed E-state index contributed by atoms with van der Waals surface area (Å²) < 4.78 is 10.4. The molecule has 2 atom stereocenters. The molecule has 8 rings (SSSR count). The third-order valence-corrected chi connectivity index (χ3v) is 9.10. The molecule has 3 amide bonds. The van der Waals surface area contributed by atoms with E-state index in [9.17, 15) is 24.0 Å². The molecule has 4 aliphatic rings. The number of imide groups is 1. The first-order chi connectivity index (χ1) is 22.7. The first-order valence-electron chi connectivity index (χ1n) is 15.6. The minimum absolute atomic E-state index is 0.169. The molecule has 2 bridgehead atoms. The molecule has 9 heteroatoms. The minimum Gasteiger partial charge on any atom is -0.462 e. The van der Waals surface area contributed by atoms with Crippen molar-refractivity contribution < 1.29 is 33.4 Å². The van der Waals surface area contributed by atoms with E-state index in [2.05, 4.69) is 29.6 Å². The van der Waals surface area contributed by atoms with Crippen molar-refractivity contribution in [1.29, 1.82) is 0 Å². The third kappa shape index (κ3) is 5.27. The van der Waals surface area contributed by atoms with Crippen LogP contribution in [0, 0.1) is 17.8 Å². The van der Waals surface area contributed by atoms with Crippen LogP contribution in [0.25, 0.3) is 0 Å². The lowest BCUT2D eigenvalue weighted by molar-refractivity contribution is -0.122. The van der Waals surface area contributed by atoms with Crippen LogP contribution in [-0.4, -0.2) is 42.9 Å². The maximum Gasteiger partial charge on any atom is 0.338 e. The van der Waals surface area contributed by atoms with Crippen molar-refractivity contribution >= 4 is 41.0 Å². The molecule has 1 fully saturated rings. The molecule has 1 aliphatic heterocycles. The van der Waals surface area contributed by atoms with E-state index in [0.717, 1.165) is 22.3 Å². The van der Waals surface area contributed by atoms with Crippen molar-refractivity contribution in [2.45, 2.75) is 25.7 Å². The third-order valence-electron chi connectivity index (χ3n) is 9.10. The fraction of sp³-hybridized carbons (Fsp3) is 0.237. The molecule has 236 valence electrons. The number of rotatable bonds is 8. The molecular weight excluding hydrogens is 596 g/mol. The first-order valence-corrected chi connectivity index (χ1v) is 15.6. The van der Waals surface area contributed by atoms with Crippen molar-refractivity contribution in [1.82, 2.24) is 0 Å². The monoisotopic (exact) mass is 628 g/mol. The summed E-state index contributed by atoms with van der Waals surface area (Å²) in [5.74, 6) is -3.43. The molecular formula is C38H32N2O7. The number of hydrogen-bond donors (Lipinski definition) is 1. The fourth-order valence-electron chi connectivity index (χ4n) is 7.11. The van der Waals surface area contributed by atoms with Gasteiger partial charge >= 0.3 is 11.9 Å². The molecule has 0 unspecified atom stereocenters. The van der Waals surface area contributed by atoms with Crippen molar-refractivity contribution in [3.8, 4) is 0 Å². The van der Waals surface area contributed by atoms with Gasteiger partial charge in [-0.2, -0.15) is 0 Å². The molecule has 9 nitrogen and oxygen atoms in total. The molecule has 1 N–H and O–H groups in total. The Kier molecular flexibility index (Phi) is 7.67.